The molecule has 1 aromatic rings. The Morgan fingerprint density at radius 1 is 1.39 bits per heavy atom. The van der Waals surface area contributed by atoms with E-state index in [0.29, 0.717) is 18.6 Å². The molecule has 1 atom stereocenters. The number of hydrogen-bond acceptors (Lipinski definition) is 4. The molecule has 1 aliphatic carbocycles. The Morgan fingerprint density at radius 3 is 2.61 bits per heavy atom. The quantitative estimate of drug-likeness (QED) is 0.791. The smallest absolute Gasteiger partial charge is 0.235 e. The monoisotopic (exact) mass is 403 g/mol. The van der Waals surface area contributed by atoms with Crippen LogP contribution in [0.4, 0.5) is 0 Å². The lowest BCUT2D eigenvalue weighted by Gasteiger charge is -2.17. The van der Waals surface area contributed by atoms with E-state index in [1.807, 2.05) is 19.1 Å². The summed E-state index contributed by atoms with van der Waals surface area (Å²) in [5, 5.41) is 2.41. The minimum atomic E-state index is -3.35. The number of rotatable bonds is 6. The van der Waals surface area contributed by atoms with E-state index in [-0.39, 0.29) is 11.3 Å². The standard InChI is InChI=1S/C16H22BrNO4S/c1-11(12-7-8-15(22-2)14(17)9-12)18-16(19)10-23(20,21)13-5-3-4-6-13/h7-9,11,13H,3-6,10H2,1-2H3,(H,18,19). The molecular formula is C16H22BrNO4S. The van der Waals surface area contributed by atoms with Crippen molar-refractivity contribution >= 4 is 31.7 Å². The number of carbonyl (C=O) groups is 1. The highest BCUT2D eigenvalue weighted by Gasteiger charge is 2.30. The molecular weight excluding hydrogens is 382 g/mol. The van der Waals surface area contributed by atoms with Gasteiger partial charge in [0.05, 0.1) is 22.9 Å². The number of sulfone groups is 1. The van der Waals surface area contributed by atoms with Crippen molar-refractivity contribution in [1.82, 2.24) is 5.32 Å². The van der Waals surface area contributed by atoms with Gasteiger partial charge in [0.1, 0.15) is 11.5 Å². The Hall–Kier alpha value is -1.08. The first-order valence-electron chi connectivity index (χ1n) is 7.68. The summed E-state index contributed by atoms with van der Waals surface area (Å²) in [6.45, 7) is 1.83. The molecule has 0 saturated heterocycles. The van der Waals surface area contributed by atoms with Crippen LogP contribution in [0.25, 0.3) is 0 Å². The average Bonchev–Trinajstić information content (AvgIpc) is 3.01. The van der Waals surface area contributed by atoms with Gasteiger partial charge in [0.15, 0.2) is 9.84 Å². The van der Waals surface area contributed by atoms with E-state index >= 15 is 0 Å². The van der Waals surface area contributed by atoms with Crippen LogP contribution in [0.15, 0.2) is 22.7 Å². The van der Waals surface area contributed by atoms with E-state index in [4.69, 9.17) is 4.74 Å². The lowest BCUT2D eigenvalue weighted by Crippen LogP contribution is -2.35. The molecule has 0 aliphatic heterocycles. The van der Waals surface area contributed by atoms with Crippen LogP contribution in [0, 0.1) is 0 Å². The third-order valence-corrected chi connectivity index (χ3v) is 6.97. The normalized spacial score (nSPS) is 17.0. The maximum Gasteiger partial charge on any atom is 0.235 e. The number of halogens is 1. The number of hydrogen-bond donors (Lipinski definition) is 1. The SMILES string of the molecule is COc1ccc(C(C)NC(=O)CS(=O)(=O)C2CCCC2)cc1Br. The third-order valence-electron chi connectivity index (χ3n) is 4.20. The number of nitrogens with one attached hydrogen (secondary N) is 1. The van der Waals surface area contributed by atoms with Gasteiger partial charge in [0.2, 0.25) is 5.91 Å². The molecule has 0 heterocycles. The van der Waals surface area contributed by atoms with Crippen molar-refractivity contribution < 1.29 is 17.9 Å². The molecule has 128 valence electrons. The predicted molar refractivity (Wildman–Crippen MR) is 93.3 cm³/mol. The topological polar surface area (TPSA) is 72.5 Å². The molecule has 1 amide bonds. The highest BCUT2D eigenvalue weighted by Crippen LogP contribution is 2.28. The molecule has 0 bridgehead atoms. The highest BCUT2D eigenvalue weighted by molar-refractivity contribution is 9.10. The molecule has 23 heavy (non-hydrogen) atoms. The van der Waals surface area contributed by atoms with E-state index in [0.717, 1.165) is 22.9 Å². The van der Waals surface area contributed by atoms with E-state index in [1.165, 1.54) is 0 Å². The van der Waals surface area contributed by atoms with Gasteiger partial charge in [0.25, 0.3) is 0 Å². The third kappa shape index (κ3) is 4.70. The van der Waals surface area contributed by atoms with Gasteiger partial charge in [-0.05, 0) is 53.4 Å². The highest BCUT2D eigenvalue weighted by atomic mass is 79.9. The Bertz CT molecular complexity index is 669. The van der Waals surface area contributed by atoms with Gasteiger partial charge in [0, 0.05) is 0 Å². The Balaban J connectivity index is 1.98. The van der Waals surface area contributed by atoms with Crippen molar-refractivity contribution in [2.24, 2.45) is 0 Å². The Kier molecular flexibility index (Phi) is 6.08. The van der Waals surface area contributed by atoms with Crippen LogP contribution in [0.2, 0.25) is 0 Å². The molecule has 1 saturated carbocycles. The maximum absolute atomic E-state index is 12.2. The van der Waals surface area contributed by atoms with Crippen LogP contribution in [0.1, 0.15) is 44.2 Å². The van der Waals surface area contributed by atoms with Gasteiger partial charge >= 0.3 is 0 Å². The first kappa shape index (κ1) is 18.3. The summed E-state index contributed by atoms with van der Waals surface area (Å²) in [5.74, 6) is -0.174. The minimum absolute atomic E-state index is 0.275. The van der Waals surface area contributed by atoms with Crippen molar-refractivity contribution in [2.75, 3.05) is 12.9 Å². The zero-order valence-electron chi connectivity index (χ0n) is 13.3. The van der Waals surface area contributed by atoms with E-state index < -0.39 is 21.5 Å². The van der Waals surface area contributed by atoms with Crippen LogP contribution in [0.5, 0.6) is 5.75 Å². The molecule has 1 aliphatic rings. The molecule has 7 heteroatoms. The van der Waals surface area contributed by atoms with Gasteiger partial charge in [-0.3, -0.25) is 4.79 Å². The van der Waals surface area contributed by atoms with Crippen LogP contribution in [-0.2, 0) is 14.6 Å². The molecule has 2 rings (SSSR count). The summed E-state index contributed by atoms with van der Waals surface area (Å²) in [5.41, 5.74) is 0.879. The maximum atomic E-state index is 12.2. The number of methoxy groups -OCH3 is 1. The fraction of sp³-hybridized carbons (Fsp3) is 0.562. The van der Waals surface area contributed by atoms with Crippen LogP contribution < -0.4 is 10.1 Å². The average molecular weight is 404 g/mol. The van der Waals surface area contributed by atoms with Crippen molar-refractivity contribution in [2.45, 2.75) is 43.9 Å². The second kappa shape index (κ2) is 7.66. The molecule has 0 spiro atoms. The van der Waals surface area contributed by atoms with Crippen molar-refractivity contribution in [1.29, 1.82) is 0 Å². The van der Waals surface area contributed by atoms with E-state index in [1.54, 1.807) is 13.2 Å². The number of benzene rings is 1. The van der Waals surface area contributed by atoms with E-state index in [9.17, 15) is 13.2 Å². The molecule has 1 unspecified atom stereocenters. The summed E-state index contributed by atoms with van der Waals surface area (Å²) >= 11 is 3.40. The summed E-state index contributed by atoms with van der Waals surface area (Å²) in [7, 11) is -1.76. The van der Waals surface area contributed by atoms with Gasteiger partial charge in [-0.1, -0.05) is 18.9 Å². The van der Waals surface area contributed by atoms with Crippen molar-refractivity contribution in [3.63, 3.8) is 0 Å². The van der Waals surface area contributed by atoms with Crippen LogP contribution in [0.3, 0.4) is 0 Å². The summed E-state index contributed by atoms with van der Waals surface area (Å²) in [6.07, 6.45) is 3.22. The van der Waals surface area contributed by atoms with Crippen molar-refractivity contribution in [3.8, 4) is 5.75 Å². The predicted octanol–water partition coefficient (Wildman–Crippen LogP) is 2.99. The van der Waals surface area contributed by atoms with Crippen LogP contribution in [-0.4, -0.2) is 32.4 Å². The molecule has 1 fully saturated rings. The molecule has 5 nitrogen and oxygen atoms in total. The Morgan fingerprint density at radius 2 is 2.04 bits per heavy atom. The molecule has 1 aromatic carbocycles. The second-order valence-corrected chi connectivity index (χ2v) is 9.03. The second-order valence-electron chi connectivity index (χ2n) is 5.90. The fourth-order valence-corrected chi connectivity index (χ4v) is 5.16. The first-order valence-corrected chi connectivity index (χ1v) is 10.2. The zero-order chi connectivity index (χ0) is 17.0. The number of amides is 1. The number of ether oxygens (including phenoxy) is 1. The zero-order valence-corrected chi connectivity index (χ0v) is 15.7. The van der Waals surface area contributed by atoms with Gasteiger partial charge in [-0.25, -0.2) is 8.42 Å². The summed E-state index contributed by atoms with van der Waals surface area (Å²) in [6, 6.07) is 5.23. The van der Waals surface area contributed by atoms with Gasteiger partial charge < -0.3 is 10.1 Å². The van der Waals surface area contributed by atoms with Crippen molar-refractivity contribution in [3.05, 3.63) is 28.2 Å². The summed E-state index contributed by atoms with van der Waals surface area (Å²) < 4.78 is 30.4. The fourth-order valence-electron chi connectivity index (χ4n) is 2.87. The van der Waals surface area contributed by atoms with Gasteiger partial charge in [-0.2, -0.15) is 0 Å². The lowest BCUT2D eigenvalue weighted by atomic mass is 10.1. The van der Waals surface area contributed by atoms with Gasteiger partial charge in [-0.15, -0.1) is 0 Å². The summed E-state index contributed by atoms with van der Waals surface area (Å²) in [4.78, 5) is 12.1. The molecule has 0 radical (unpaired) electrons. The van der Waals surface area contributed by atoms with E-state index in [2.05, 4.69) is 21.2 Å². The minimum Gasteiger partial charge on any atom is -0.496 e. The molecule has 1 N–H and O–H groups in total. The first-order chi connectivity index (χ1) is 10.8. The Labute approximate surface area is 145 Å². The largest absolute Gasteiger partial charge is 0.496 e. The lowest BCUT2D eigenvalue weighted by molar-refractivity contribution is -0.119. The number of carbonyl (C=O) groups excluding carboxylic acids is 1. The molecule has 0 aromatic heterocycles. The van der Waals surface area contributed by atoms with Crippen LogP contribution >= 0.6 is 15.9 Å².